The smallest absolute Gasteiger partial charge is 0.134 e. The summed E-state index contributed by atoms with van der Waals surface area (Å²) in [6, 6.07) is 16.1. The third kappa shape index (κ3) is 3.00. The average Bonchev–Trinajstić information content (AvgIpc) is 2.91. The third-order valence-corrected chi connectivity index (χ3v) is 4.65. The summed E-state index contributed by atoms with van der Waals surface area (Å²) in [5, 5.41) is 5.27. The van der Waals surface area contributed by atoms with E-state index in [4.69, 9.17) is 16.0 Å². The highest BCUT2D eigenvalue weighted by atomic mass is 79.9. The SMILES string of the molecule is CCNC(c1ccc(Br)c(Cl)c1)c1cc2ccccc2o1. The zero-order valence-electron chi connectivity index (χ0n) is 11.6. The van der Waals surface area contributed by atoms with Gasteiger partial charge in [-0.3, -0.25) is 0 Å². The van der Waals surface area contributed by atoms with Gasteiger partial charge in [-0.25, -0.2) is 0 Å². The van der Waals surface area contributed by atoms with Crippen LogP contribution in [-0.2, 0) is 0 Å². The van der Waals surface area contributed by atoms with Gasteiger partial charge in [-0.1, -0.05) is 42.8 Å². The van der Waals surface area contributed by atoms with Gasteiger partial charge in [-0.05, 0) is 52.3 Å². The normalized spacial score (nSPS) is 12.7. The fourth-order valence-electron chi connectivity index (χ4n) is 2.42. The molecule has 1 N–H and O–H groups in total. The molecule has 0 aliphatic carbocycles. The Labute approximate surface area is 137 Å². The Morgan fingerprint density at radius 1 is 1.19 bits per heavy atom. The highest BCUT2D eigenvalue weighted by molar-refractivity contribution is 9.10. The number of hydrogen-bond acceptors (Lipinski definition) is 2. The third-order valence-electron chi connectivity index (χ3n) is 3.41. The number of rotatable bonds is 4. The highest BCUT2D eigenvalue weighted by Crippen LogP contribution is 2.31. The predicted molar refractivity (Wildman–Crippen MR) is 90.9 cm³/mol. The summed E-state index contributed by atoms with van der Waals surface area (Å²) in [6.45, 7) is 2.92. The first kappa shape index (κ1) is 14.6. The van der Waals surface area contributed by atoms with Crippen LogP contribution in [0.2, 0.25) is 5.02 Å². The molecule has 2 aromatic carbocycles. The van der Waals surface area contributed by atoms with Crippen LogP contribution in [0.3, 0.4) is 0 Å². The Hall–Kier alpha value is -1.29. The lowest BCUT2D eigenvalue weighted by Crippen LogP contribution is -2.21. The Bertz CT molecular complexity index is 735. The first-order chi connectivity index (χ1) is 10.2. The molecular formula is C17H15BrClNO. The number of furan rings is 1. The second-order valence-corrected chi connectivity index (χ2v) is 6.11. The van der Waals surface area contributed by atoms with Crippen molar-refractivity contribution in [2.75, 3.05) is 6.54 Å². The first-order valence-electron chi connectivity index (χ1n) is 6.86. The lowest BCUT2D eigenvalue weighted by Gasteiger charge is -2.16. The topological polar surface area (TPSA) is 25.2 Å². The molecule has 1 aromatic heterocycles. The Morgan fingerprint density at radius 2 is 2.00 bits per heavy atom. The molecule has 0 aliphatic heterocycles. The number of benzene rings is 2. The standard InChI is InChI=1S/C17H15BrClNO/c1-2-20-17(12-7-8-13(18)14(19)9-12)16-10-11-5-3-4-6-15(11)21-16/h3-10,17,20H,2H2,1H3. The van der Waals surface area contributed by atoms with E-state index in [9.17, 15) is 0 Å². The number of nitrogens with one attached hydrogen (secondary N) is 1. The fourth-order valence-corrected chi connectivity index (χ4v) is 2.86. The quantitative estimate of drug-likeness (QED) is 0.657. The Balaban J connectivity index is 2.05. The minimum atomic E-state index is -0.00648. The predicted octanol–water partition coefficient (Wildman–Crippen LogP) is 5.55. The molecule has 0 saturated carbocycles. The molecule has 3 aromatic rings. The van der Waals surface area contributed by atoms with Gasteiger partial charge in [0.05, 0.1) is 11.1 Å². The van der Waals surface area contributed by atoms with Crippen LogP contribution in [0.15, 0.2) is 57.4 Å². The van der Waals surface area contributed by atoms with Crippen molar-refractivity contribution in [2.24, 2.45) is 0 Å². The summed E-state index contributed by atoms with van der Waals surface area (Å²) in [5.74, 6) is 0.899. The molecule has 0 aliphatic rings. The summed E-state index contributed by atoms with van der Waals surface area (Å²) in [7, 11) is 0. The molecule has 0 amide bonds. The van der Waals surface area contributed by atoms with Crippen molar-refractivity contribution in [3.05, 3.63) is 69.3 Å². The number of para-hydroxylation sites is 1. The molecule has 1 unspecified atom stereocenters. The van der Waals surface area contributed by atoms with Gasteiger partial charge in [-0.2, -0.15) is 0 Å². The minimum absolute atomic E-state index is 0.00648. The molecule has 0 saturated heterocycles. The molecule has 1 atom stereocenters. The van der Waals surface area contributed by atoms with Gasteiger partial charge in [-0.15, -0.1) is 0 Å². The van der Waals surface area contributed by atoms with Crippen molar-refractivity contribution in [3.63, 3.8) is 0 Å². The van der Waals surface area contributed by atoms with Gasteiger partial charge < -0.3 is 9.73 Å². The second kappa shape index (κ2) is 6.22. The second-order valence-electron chi connectivity index (χ2n) is 4.85. The van der Waals surface area contributed by atoms with Crippen LogP contribution in [0.4, 0.5) is 0 Å². The summed E-state index contributed by atoms with van der Waals surface area (Å²) in [4.78, 5) is 0. The molecule has 2 nitrogen and oxygen atoms in total. The van der Waals surface area contributed by atoms with E-state index in [-0.39, 0.29) is 6.04 Å². The van der Waals surface area contributed by atoms with Crippen molar-refractivity contribution in [3.8, 4) is 0 Å². The van der Waals surface area contributed by atoms with Gasteiger partial charge >= 0.3 is 0 Å². The molecule has 0 bridgehead atoms. The number of fused-ring (bicyclic) bond motifs is 1. The largest absolute Gasteiger partial charge is 0.459 e. The van der Waals surface area contributed by atoms with Gasteiger partial charge in [0, 0.05) is 9.86 Å². The van der Waals surface area contributed by atoms with Crippen molar-refractivity contribution in [1.82, 2.24) is 5.32 Å². The molecule has 3 rings (SSSR count). The van der Waals surface area contributed by atoms with E-state index in [1.807, 2.05) is 30.3 Å². The molecule has 0 fully saturated rings. The first-order valence-corrected chi connectivity index (χ1v) is 8.03. The summed E-state index contributed by atoms with van der Waals surface area (Å²) >= 11 is 9.65. The summed E-state index contributed by atoms with van der Waals surface area (Å²) in [5.41, 5.74) is 1.99. The van der Waals surface area contributed by atoms with E-state index >= 15 is 0 Å². The minimum Gasteiger partial charge on any atom is -0.459 e. The summed E-state index contributed by atoms with van der Waals surface area (Å²) < 4.78 is 6.89. The highest BCUT2D eigenvalue weighted by Gasteiger charge is 2.18. The van der Waals surface area contributed by atoms with Gasteiger partial charge in [0.15, 0.2) is 0 Å². The average molecular weight is 365 g/mol. The van der Waals surface area contributed by atoms with E-state index in [2.05, 4.69) is 46.4 Å². The van der Waals surface area contributed by atoms with Crippen molar-refractivity contribution in [1.29, 1.82) is 0 Å². The summed E-state index contributed by atoms with van der Waals surface area (Å²) in [6.07, 6.45) is 0. The van der Waals surface area contributed by atoms with E-state index in [1.165, 1.54) is 0 Å². The fraction of sp³-hybridized carbons (Fsp3) is 0.176. The van der Waals surface area contributed by atoms with Crippen LogP contribution < -0.4 is 5.32 Å². The molecule has 108 valence electrons. The van der Waals surface area contributed by atoms with E-state index in [1.54, 1.807) is 0 Å². The van der Waals surface area contributed by atoms with Gasteiger partial charge in [0.2, 0.25) is 0 Å². The van der Waals surface area contributed by atoms with E-state index in [0.717, 1.165) is 33.3 Å². The van der Waals surface area contributed by atoms with Crippen LogP contribution in [0, 0.1) is 0 Å². The maximum atomic E-state index is 6.22. The lowest BCUT2D eigenvalue weighted by atomic mass is 10.0. The van der Waals surface area contributed by atoms with Crippen LogP contribution in [0.1, 0.15) is 24.3 Å². The number of halogens is 2. The molecule has 0 spiro atoms. The zero-order chi connectivity index (χ0) is 14.8. The molecule has 1 heterocycles. The monoisotopic (exact) mass is 363 g/mol. The molecule has 0 radical (unpaired) electrons. The Kier molecular flexibility index (Phi) is 4.34. The van der Waals surface area contributed by atoms with E-state index in [0.29, 0.717) is 5.02 Å². The van der Waals surface area contributed by atoms with Crippen LogP contribution in [0.5, 0.6) is 0 Å². The lowest BCUT2D eigenvalue weighted by molar-refractivity contribution is 0.477. The molecule has 4 heteroatoms. The van der Waals surface area contributed by atoms with Crippen molar-refractivity contribution < 1.29 is 4.42 Å². The molecule has 21 heavy (non-hydrogen) atoms. The van der Waals surface area contributed by atoms with Crippen LogP contribution in [-0.4, -0.2) is 6.54 Å². The maximum absolute atomic E-state index is 6.22. The van der Waals surface area contributed by atoms with E-state index < -0.39 is 0 Å². The number of hydrogen-bond donors (Lipinski definition) is 1. The maximum Gasteiger partial charge on any atom is 0.134 e. The van der Waals surface area contributed by atoms with Gasteiger partial charge in [0.25, 0.3) is 0 Å². The van der Waals surface area contributed by atoms with Crippen LogP contribution in [0.25, 0.3) is 11.0 Å². The van der Waals surface area contributed by atoms with Crippen molar-refractivity contribution >= 4 is 38.5 Å². The van der Waals surface area contributed by atoms with Crippen molar-refractivity contribution in [2.45, 2.75) is 13.0 Å². The van der Waals surface area contributed by atoms with Crippen LogP contribution >= 0.6 is 27.5 Å². The molecular weight excluding hydrogens is 350 g/mol. The Morgan fingerprint density at radius 3 is 2.71 bits per heavy atom. The van der Waals surface area contributed by atoms with Gasteiger partial charge in [0.1, 0.15) is 11.3 Å². The zero-order valence-corrected chi connectivity index (χ0v) is 13.9.